The Morgan fingerprint density at radius 2 is 1.79 bits per heavy atom. The number of carbonyl (C=O) groups is 4. The highest BCUT2D eigenvalue weighted by Gasteiger charge is 2.56. The predicted molar refractivity (Wildman–Crippen MR) is 220 cm³/mol. The number of nitrogens with one attached hydrogen (secondary N) is 3. The van der Waals surface area contributed by atoms with Crippen molar-refractivity contribution in [1.29, 1.82) is 0 Å². The number of pyridine rings is 1. The Morgan fingerprint density at radius 3 is 2.54 bits per heavy atom. The van der Waals surface area contributed by atoms with Gasteiger partial charge < -0.3 is 25.0 Å². The summed E-state index contributed by atoms with van der Waals surface area (Å²) in [7, 11) is -4.02. The summed E-state index contributed by atoms with van der Waals surface area (Å²) in [6.45, 7) is 3.49. The van der Waals surface area contributed by atoms with Crippen molar-refractivity contribution < 1.29 is 37.1 Å². The van der Waals surface area contributed by atoms with Gasteiger partial charge >= 0.3 is 6.09 Å². The summed E-state index contributed by atoms with van der Waals surface area (Å²) >= 11 is 8.21. The molecule has 0 bridgehead atoms. The number of carbonyl (C=O) groups excluding carboxylic acids is 4. The molecule has 2 aliphatic carbocycles. The van der Waals surface area contributed by atoms with Crippen LogP contribution < -0.4 is 20.1 Å². The van der Waals surface area contributed by atoms with E-state index >= 15 is 0 Å². The van der Waals surface area contributed by atoms with Crippen molar-refractivity contribution >= 4 is 78.9 Å². The number of hydrogen-bond donors (Lipinski definition) is 3. The average molecular weight is 924 g/mol. The molecule has 5 aliphatic rings. The lowest BCUT2D eigenvalue weighted by atomic mass is 9.87. The van der Waals surface area contributed by atoms with Gasteiger partial charge in [0.15, 0.2) is 3.55 Å². The van der Waals surface area contributed by atoms with E-state index in [1.807, 2.05) is 47.7 Å². The number of benzene rings is 1. The summed E-state index contributed by atoms with van der Waals surface area (Å²) in [5.41, 5.74) is 1.41. The van der Waals surface area contributed by atoms with Crippen molar-refractivity contribution in [2.24, 2.45) is 0 Å². The van der Waals surface area contributed by atoms with Crippen molar-refractivity contribution in [3.8, 4) is 5.75 Å². The Bertz CT molecular complexity index is 2040. The van der Waals surface area contributed by atoms with Gasteiger partial charge in [-0.05, 0) is 125 Å². The van der Waals surface area contributed by atoms with Gasteiger partial charge in [0.05, 0.1) is 22.5 Å². The van der Waals surface area contributed by atoms with Gasteiger partial charge in [-0.3, -0.25) is 14.4 Å². The predicted octanol–water partition coefficient (Wildman–Crippen LogP) is 6.45. The number of ether oxygens (including phenoxy) is 2. The number of allylic oxidation sites excluding steroid dienone is 1. The van der Waals surface area contributed by atoms with Crippen molar-refractivity contribution in [3.05, 3.63) is 46.6 Å². The first-order chi connectivity index (χ1) is 26.6. The van der Waals surface area contributed by atoms with Crippen LogP contribution in [0.15, 0.2) is 30.4 Å². The lowest BCUT2D eigenvalue weighted by molar-refractivity contribution is -0.141. The molecule has 1 spiro atoms. The second-order valence-electron chi connectivity index (χ2n) is 16.5. The van der Waals surface area contributed by atoms with Gasteiger partial charge in [0.1, 0.15) is 29.5 Å². The van der Waals surface area contributed by atoms with Gasteiger partial charge in [0.2, 0.25) is 21.8 Å². The maximum absolute atomic E-state index is 14.8. The number of halogens is 2. The van der Waals surface area contributed by atoms with E-state index in [2.05, 4.69) is 15.4 Å². The zero-order chi connectivity index (χ0) is 39.9. The number of fused-ring (bicyclic) bond motifs is 4. The first-order valence-electron chi connectivity index (χ1n) is 19.9. The van der Waals surface area contributed by atoms with Gasteiger partial charge in [-0.25, -0.2) is 22.9 Å². The van der Waals surface area contributed by atoms with E-state index in [0.717, 1.165) is 61.4 Å². The van der Waals surface area contributed by atoms with Crippen molar-refractivity contribution in [1.82, 2.24) is 25.2 Å². The molecule has 7 rings (SSSR count). The first-order valence-corrected chi connectivity index (χ1v) is 22.8. The molecule has 4 atom stereocenters. The molecule has 4 amide bonds. The van der Waals surface area contributed by atoms with Crippen molar-refractivity contribution in [2.75, 3.05) is 6.54 Å². The number of hydrogen-bond acceptors (Lipinski definition) is 9. The second-order valence-corrected chi connectivity index (χ2v) is 21.0. The monoisotopic (exact) mass is 923 g/mol. The summed E-state index contributed by atoms with van der Waals surface area (Å²) in [5, 5.41) is 7.18. The van der Waals surface area contributed by atoms with Crippen LogP contribution in [0.25, 0.3) is 10.9 Å². The number of nitrogens with zero attached hydrogens (tertiary/aromatic N) is 2. The Kier molecular flexibility index (Phi) is 11.9. The summed E-state index contributed by atoms with van der Waals surface area (Å²) in [6, 6.07) is 3.44. The summed E-state index contributed by atoms with van der Waals surface area (Å²) in [5.74, 6) is -1.35. The van der Waals surface area contributed by atoms with Crippen LogP contribution in [0.5, 0.6) is 5.75 Å². The minimum atomic E-state index is -4.02. The van der Waals surface area contributed by atoms with E-state index in [1.165, 1.54) is 4.90 Å². The van der Waals surface area contributed by atoms with E-state index < -0.39 is 59.8 Å². The zero-order valence-electron chi connectivity index (χ0n) is 32.0. The number of aromatic nitrogens is 1. The van der Waals surface area contributed by atoms with Crippen molar-refractivity contribution in [2.45, 2.75) is 149 Å². The molecule has 16 heteroatoms. The molecule has 0 radical (unpaired) electrons. The van der Waals surface area contributed by atoms with E-state index in [1.54, 1.807) is 19.1 Å². The fraction of sp³-hybridized carbons (Fsp3) is 0.625. The zero-order valence-corrected chi connectivity index (χ0v) is 35.7. The molecule has 56 heavy (non-hydrogen) atoms. The fourth-order valence-electron chi connectivity index (χ4n) is 8.46. The molecule has 0 unspecified atom stereocenters. The molecule has 304 valence electrons. The molecule has 2 saturated carbocycles. The largest absolute Gasteiger partial charge is 0.483 e. The molecule has 4 heterocycles. The molecular formula is C40H51ClIN5O8S. The summed E-state index contributed by atoms with van der Waals surface area (Å²) < 4.78 is 38.6. The van der Waals surface area contributed by atoms with Gasteiger partial charge in [-0.1, -0.05) is 43.0 Å². The number of aryl methyl sites for hydroxylation is 2. The normalized spacial score (nSPS) is 29.2. The molecular weight excluding hydrogens is 873 g/mol. The average Bonchev–Trinajstić information content (AvgIpc) is 3.82. The molecule has 3 aliphatic heterocycles. The number of sulfonamides is 1. The number of amides is 4. The molecule has 1 aromatic heterocycles. The third-order valence-electron chi connectivity index (χ3n) is 12.2. The maximum atomic E-state index is 14.8. The molecule has 3 fully saturated rings. The molecule has 2 aromatic rings. The van der Waals surface area contributed by atoms with Gasteiger partial charge in [0, 0.05) is 28.8 Å². The second kappa shape index (κ2) is 16.2. The summed E-state index contributed by atoms with van der Waals surface area (Å²) in [4.78, 5) is 63.0. The van der Waals surface area contributed by atoms with Crippen LogP contribution in [-0.4, -0.2) is 80.7 Å². The Balaban J connectivity index is 1.22. The van der Waals surface area contributed by atoms with Crippen molar-refractivity contribution in [3.63, 3.8) is 0 Å². The smallest absolute Gasteiger partial charge is 0.408 e. The van der Waals surface area contributed by atoms with E-state index in [0.29, 0.717) is 61.4 Å². The highest BCUT2D eigenvalue weighted by Crippen LogP contribution is 2.46. The van der Waals surface area contributed by atoms with Crippen LogP contribution in [-0.2, 0) is 35.6 Å². The van der Waals surface area contributed by atoms with Crippen LogP contribution in [0, 0.1) is 6.92 Å². The number of alkyl carbamates (subject to hydrolysis) is 1. The van der Waals surface area contributed by atoms with Gasteiger partial charge in [-0.15, -0.1) is 0 Å². The minimum Gasteiger partial charge on any atom is -0.483 e. The topological polar surface area (TPSA) is 173 Å². The quantitative estimate of drug-likeness (QED) is 0.132. The fourth-order valence-corrected chi connectivity index (χ4v) is 10.8. The molecule has 1 saturated heterocycles. The Hall–Kier alpha value is -3.18. The van der Waals surface area contributed by atoms with Crippen LogP contribution in [0.4, 0.5) is 4.79 Å². The number of alkyl halides is 1. The van der Waals surface area contributed by atoms with Crippen LogP contribution in [0.1, 0.15) is 114 Å². The molecule has 13 nitrogen and oxygen atoms in total. The SMILES string of the molecule is Cc1nc2ccc(Cl)cc2c2c1O[C@]1(CC2)C[C@H]2C(=O)N[C@@](I)(C(=O)NS(=O)(=O)C3(C)CC3)C/C=C\CCCCC[C@H](NC(=O)OC3CCCCC3)C(=O)N2C1. The highest BCUT2D eigenvalue weighted by molar-refractivity contribution is 14.1. The highest BCUT2D eigenvalue weighted by atomic mass is 127. The van der Waals surface area contributed by atoms with E-state index in [9.17, 15) is 27.6 Å². The third-order valence-corrected chi connectivity index (χ3v) is 15.8. The van der Waals surface area contributed by atoms with Crippen LogP contribution in [0.3, 0.4) is 0 Å². The van der Waals surface area contributed by atoms with Gasteiger partial charge in [0.25, 0.3) is 5.91 Å². The van der Waals surface area contributed by atoms with Crippen LogP contribution >= 0.6 is 34.2 Å². The van der Waals surface area contributed by atoms with Crippen LogP contribution in [0.2, 0.25) is 5.02 Å². The lowest BCUT2D eigenvalue weighted by Crippen LogP contribution is -2.60. The maximum Gasteiger partial charge on any atom is 0.408 e. The lowest BCUT2D eigenvalue weighted by Gasteiger charge is -2.36. The Labute approximate surface area is 347 Å². The standard InChI is InChI=1S/C40H51ClIN5O8S/c1-25-33-28(29-22-26(41)15-16-30(29)43-25)17-19-39(55-33)23-32-34(48)45-40(42,36(50)46-56(52,53)38(2)20-21-38)18-11-6-4-3-5-10-14-31(35(49)47(32)24-39)44-37(51)54-27-12-8-7-9-13-27/h6,11,15-16,22,27,31-32H,3-5,7-10,12-14,17-21,23-24H2,1-2H3,(H,44,51)(H,45,48)(H,46,50)/b11-6-/t31-,32-,39+,40+/m0/s1. The first kappa shape index (κ1) is 41.0. The van der Waals surface area contributed by atoms with E-state index in [4.69, 9.17) is 26.1 Å². The third kappa shape index (κ3) is 8.64. The number of rotatable bonds is 5. The summed E-state index contributed by atoms with van der Waals surface area (Å²) in [6.07, 6.45) is 12.7. The minimum absolute atomic E-state index is 0.0186. The molecule has 3 N–H and O–H groups in total. The molecule has 1 aromatic carbocycles. The Morgan fingerprint density at radius 1 is 1.05 bits per heavy atom. The van der Waals surface area contributed by atoms with Gasteiger partial charge in [-0.2, -0.15) is 0 Å². The van der Waals surface area contributed by atoms with E-state index in [-0.39, 0.29) is 25.5 Å².